The molecule has 4 N–H and O–H groups in total. The number of ether oxygens (including phenoxy) is 1. The number of nitrogens with one attached hydrogen (secondary N) is 2. The first-order valence-electron chi connectivity index (χ1n) is 5.81. The summed E-state index contributed by atoms with van der Waals surface area (Å²) in [4.78, 5) is 12.5. The zero-order chi connectivity index (χ0) is 13.7. The maximum Gasteiger partial charge on any atom is 0.205 e. The highest BCUT2D eigenvalue weighted by atomic mass is 32.1. The maximum absolute atomic E-state index is 5.39. The number of nitrogen functional groups attached to an aromatic ring is 1. The van der Waals surface area contributed by atoms with Crippen LogP contribution in [-0.2, 0) is 0 Å². The highest BCUT2D eigenvalue weighted by Crippen LogP contribution is 2.32. The Labute approximate surface area is 115 Å². The first kappa shape index (κ1) is 13.5. The second kappa shape index (κ2) is 6.30. The van der Waals surface area contributed by atoms with Gasteiger partial charge in [-0.2, -0.15) is 0 Å². The predicted molar refractivity (Wildman–Crippen MR) is 75.2 cm³/mol. The molecule has 0 bridgehead atoms. The van der Waals surface area contributed by atoms with Crippen molar-refractivity contribution in [2.75, 3.05) is 17.9 Å². The molecule has 102 valence electrons. The molecule has 1 unspecified atom stereocenters. The summed E-state index contributed by atoms with van der Waals surface area (Å²) in [6, 6.07) is 0.0782. The summed E-state index contributed by atoms with van der Waals surface area (Å²) >= 11 is 1.60. The van der Waals surface area contributed by atoms with Gasteiger partial charge in [0.2, 0.25) is 5.75 Å². The van der Waals surface area contributed by atoms with E-state index in [0.717, 1.165) is 11.4 Å². The largest absolute Gasteiger partial charge is 0.490 e. The van der Waals surface area contributed by atoms with Gasteiger partial charge in [-0.05, 0) is 6.42 Å². The quantitative estimate of drug-likeness (QED) is 0.548. The summed E-state index contributed by atoms with van der Waals surface area (Å²) in [5, 5.41) is 6.25. The van der Waals surface area contributed by atoms with Crippen LogP contribution in [0.3, 0.4) is 0 Å². The highest BCUT2D eigenvalue weighted by Gasteiger charge is 2.17. The van der Waals surface area contributed by atoms with Gasteiger partial charge in [-0.25, -0.2) is 20.8 Å². The summed E-state index contributed by atoms with van der Waals surface area (Å²) in [7, 11) is 1.55. The molecule has 0 aliphatic carbocycles. The summed E-state index contributed by atoms with van der Waals surface area (Å²) in [6.07, 6.45) is 4.09. The van der Waals surface area contributed by atoms with E-state index in [9.17, 15) is 0 Å². The Hall–Kier alpha value is -1.93. The Balaban J connectivity index is 2.27. The average molecular weight is 280 g/mol. The van der Waals surface area contributed by atoms with Crippen LogP contribution >= 0.6 is 11.3 Å². The summed E-state index contributed by atoms with van der Waals surface area (Å²) < 4.78 is 5.28. The monoisotopic (exact) mass is 280 g/mol. The Kier molecular flexibility index (Phi) is 4.48. The van der Waals surface area contributed by atoms with E-state index in [4.69, 9.17) is 10.6 Å². The van der Waals surface area contributed by atoms with Crippen molar-refractivity contribution in [3.8, 4) is 5.75 Å². The number of rotatable bonds is 6. The van der Waals surface area contributed by atoms with Crippen LogP contribution in [0.25, 0.3) is 0 Å². The van der Waals surface area contributed by atoms with E-state index in [-0.39, 0.29) is 6.04 Å². The number of nitrogens with zero attached hydrogens (tertiary/aromatic N) is 3. The molecule has 0 amide bonds. The van der Waals surface area contributed by atoms with Crippen LogP contribution in [0.2, 0.25) is 0 Å². The van der Waals surface area contributed by atoms with Gasteiger partial charge in [-0.3, -0.25) is 0 Å². The molecule has 7 nitrogen and oxygen atoms in total. The predicted octanol–water partition coefficient (Wildman–Crippen LogP) is 1.79. The summed E-state index contributed by atoms with van der Waals surface area (Å²) in [5.74, 6) is 6.91. The molecule has 2 heterocycles. The van der Waals surface area contributed by atoms with Crippen molar-refractivity contribution in [3.05, 3.63) is 22.9 Å². The smallest absolute Gasteiger partial charge is 0.205 e. The number of methoxy groups -OCH3 is 1. The van der Waals surface area contributed by atoms with Gasteiger partial charge in [0.15, 0.2) is 11.6 Å². The maximum atomic E-state index is 5.39. The lowest BCUT2D eigenvalue weighted by molar-refractivity contribution is 0.414. The van der Waals surface area contributed by atoms with Gasteiger partial charge in [0.25, 0.3) is 0 Å². The third-order valence-corrected chi connectivity index (χ3v) is 3.50. The van der Waals surface area contributed by atoms with Crippen molar-refractivity contribution in [3.63, 3.8) is 0 Å². The van der Waals surface area contributed by atoms with Crippen LogP contribution in [0.4, 0.5) is 11.6 Å². The molecule has 0 aliphatic rings. The van der Waals surface area contributed by atoms with E-state index in [2.05, 4.69) is 32.6 Å². The molecule has 0 aromatic carbocycles. The minimum Gasteiger partial charge on any atom is -0.490 e. The van der Waals surface area contributed by atoms with E-state index in [0.29, 0.717) is 17.4 Å². The van der Waals surface area contributed by atoms with Gasteiger partial charge in [0.1, 0.15) is 11.3 Å². The second-order valence-corrected chi connectivity index (χ2v) is 4.65. The zero-order valence-corrected chi connectivity index (χ0v) is 11.6. The molecule has 8 heteroatoms. The van der Waals surface area contributed by atoms with Crippen molar-refractivity contribution in [1.82, 2.24) is 15.0 Å². The summed E-state index contributed by atoms with van der Waals surface area (Å²) in [5.41, 5.74) is 2.48. The van der Waals surface area contributed by atoms with E-state index < -0.39 is 0 Å². The number of hydrogen-bond donors (Lipinski definition) is 3. The number of nitrogens with two attached hydrogens (primary N) is 1. The minimum absolute atomic E-state index is 0.0782. The lowest BCUT2D eigenvalue weighted by Gasteiger charge is -2.18. The normalized spacial score (nSPS) is 11.9. The van der Waals surface area contributed by atoms with Crippen molar-refractivity contribution >= 4 is 23.0 Å². The van der Waals surface area contributed by atoms with Gasteiger partial charge in [0.05, 0.1) is 13.2 Å². The Morgan fingerprint density at radius 3 is 2.74 bits per heavy atom. The average Bonchev–Trinajstić information content (AvgIpc) is 2.98. The molecule has 1 atom stereocenters. The fraction of sp³-hybridized carbons (Fsp3) is 0.364. The fourth-order valence-corrected chi connectivity index (χ4v) is 2.46. The number of hydrogen-bond acceptors (Lipinski definition) is 8. The SMILES string of the molecule is CCC(Nc1ncnc(NN)c1OC)c1nccs1. The summed E-state index contributed by atoms with van der Waals surface area (Å²) in [6.45, 7) is 2.08. The number of thiazole rings is 1. The van der Waals surface area contributed by atoms with Crippen molar-refractivity contribution in [1.29, 1.82) is 0 Å². The van der Waals surface area contributed by atoms with Gasteiger partial charge in [-0.1, -0.05) is 6.92 Å². The van der Waals surface area contributed by atoms with Gasteiger partial charge in [0, 0.05) is 11.6 Å². The van der Waals surface area contributed by atoms with Crippen LogP contribution in [0.1, 0.15) is 24.4 Å². The third-order valence-electron chi connectivity index (χ3n) is 2.61. The Morgan fingerprint density at radius 1 is 1.37 bits per heavy atom. The molecular weight excluding hydrogens is 264 g/mol. The molecule has 0 saturated heterocycles. The molecule has 2 aromatic heterocycles. The standard InChI is InChI=1S/C11H16N6OS/c1-3-7(11-13-4-5-19-11)16-9-8(18-2)10(17-12)15-6-14-9/h4-7H,3,12H2,1-2H3,(H2,14,15,16,17). The van der Waals surface area contributed by atoms with Crippen LogP contribution in [0.5, 0.6) is 5.75 Å². The molecule has 0 aliphatic heterocycles. The van der Waals surface area contributed by atoms with E-state index >= 15 is 0 Å². The molecule has 0 spiro atoms. The molecule has 0 fully saturated rings. The molecule has 19 heavy (non-hydrogen) atoms. The van der Waals surface area contributed by atoms with Crippen molar-refractivity contribution in [2.24, 2.45) is 5.84 Å². The van der Waals surface area contributed by atoms with Crippen molar-refractivity contribution in [2.45, 2.75) is 19.4 Å². The first-order chi connectivity index (χ1) is 9.30. The number of hydrazine groups is 1. The van der Waals surface area contributed by atoms with E-state index in [1.165, 1.54) is 6.33 Å². The molecule has 0 saturated carbocycles. The van der Waals surface area contributed by atoms with Crippen LogP contribution in [0, 0.1) is 0 Å². The lowest BCUT2D eigenvalue weighted by Crippen LogP contribution is -2.15. The number of aromatic nitrogens is 3. The van der Waals surface area contributed by atoms with E-state index in [1.54, 1.807) is 24.6 Å². The van der Waals surface area contributed by atoms with Crippen LogP contribution in [0.15, 0.2) is 17.9 Å². The Bertz CT molecular complexity index is 518. The van der Waals surface area contributed by atoms with Crippen LogP contribution in [-0.4, -0.2) is 22.1 Å². The van der Waals surface area contributed by atoms with Crippen LogP contribution < -0.4 is 21.3 Å². The second-order valence-electron chi connectivity index (χ2n) is 3.72. The highest BCUT2D eigenvalue weighted by molar-refractivity contribution is 7.09. The van der Waals surface area contributed by atoms with Crippen molar-refractivity contribution < 1.29 is 4.74 Å². The third kappa shape index (κ3) is 2.91. The molecular formula is C11H16N6OS. The van der Waals surface area contributed by atoms with Gasteiger partial charge < -0.3 is 15.5 Å². The molecule has 2 aromatic rings. The topological polar surface area (TPSA) is 98.0 Å². The minimum atomic E-state index is 0.0782. The van der Waals surface area contributed by atoms with Gasteiger partial charge >= 0.3 is 0 Å². The van der Waals surface area contributed by atoms with Gasteiger partial charge in [-0.15, -0.1) is 11.3 Å². The fourth-order valence-electron chi connectivity index (χ4n) is 1.68. The Morgan fingerprint density at radius 2 is 2.16 bits per heavy atom. The van der Waals surface area contributed by atoms with E-state index in [1.807, 2.05) is 5.38 Å². The first-order valence-corrected chi connectivity index (χ1v) is 6.69. The lowest BCUT2D eigenvalue weighted by atomic mass is 10.2. The zero-order valence-electron chi connectivity index (χ0n) is 10.8. The number of anilines is 2. The molecule has 0 radical (unpaired) electrons. The molecule has 2 rings (SSSR count).